The molecule has 2 rings (SSSR count). The third-order valence-electron chi connectivity index (χ3n) is 3.87. The van der Waals surface area contributed by atoms with Gasteiger partial charge in [0.2, 0.25) is 15.9 Å². The van der Waals surface area contributed by atoms with Gasteiger partial charge in [0, 0.05) is 46.1 Å². The number of pyridine rings is 1. The van der Waals surface area contributed by atoms with Crippen molar-refractivity contribution >= 4 is 15.9 Å². The van der Waals surface area contributed by atoms with Gasteiger partial charge in [0.25, 0.3) is 0 Å². The lowest BCUT2D eigenvalue weighted by Gasteiger charge is -2.33. The van der Waals surface area contributed by atoms with Gasteiger partial charge in [-0.3, -0.25) is 14.7 Å². The van der Waals surface area contributed by atoms with E-state index in [4.69, 9.17) is 4.74 Å². The molecule has 2 heterocycles. The zero-order chi connectivity index (χ0) is 17.6. The molecular weight excluding hydrogens is 332 g/mol. The predicted octanol–water partition coefficient (Wildman–Crippen LogP) is -0.537. The molecule has 9 heteroatoms. The van der Waals surface area contributed by atoms with Gasteiger partial charge in [0.15, 0.2) is 0 Å². The van der Waals surface area contributed by atoms with Gasteiger partial charge in [-0.1, -0.05) is 6.07 Å². The average molecular weight is 356 g/mol. The van der Waals surface area contributed by atoms with Crippen molar-refractivity contribution in [3.05, 3.63) is 30.1 Å². The van der Waals surface area contributed by atoms with Crippen LogP contribution in [0.25, 0.3) is 0 Å². The highest BCUT2D eigenvalue weighted by atomic mass is 32.2. The van der Waals surface area contributed by atoms with Crippen LogP contribution in [0.3, 0.4) is 0 Å². The first-order valence-corrected chi connectivity index (χ1v) is 9.42. The zero-order valence-corrected chi connectivity index (χ0v) is 14.8. The summed E-state index contributed by atoms with van der Waals surface area (Å²) in [5.74, 6) is -0.354. The Bertz CT molecular complexity index is 630. The molecule has 0 saturated carbocycles. The number of amides is 1. The van der Waals surface area contributed by atoms with Crippen molar-refractivity contribution in [3.8, 4) is 0 Å². The molecule has 1 saturated heterocycles. The maximum atomic E-state index is 12.7. The van der Waals surface area contributed by atoms with Crippen molar-refractivity contribution in [2.45, 2.75) is 6.04 Å². The number of aromatic nitrogens is 1. The minimum Gasteiger partial charge on any atom is -0.379 e. The summed E-state index contributed by atoms with van der Waals surface area (Å²) >= 11 is 0. The molecule has 1 N–H and O–H groups in total. The second-order valence-electron chi connectivity index (χ2n) is 5.73. The average Bonchev–Trinajstić information content (AvgIpc) is 2.57. The molecule has 0 unspecified atom stereocenters. The van der Waals surface area contributed by atoms with Gasteiger partial charge in [0.05, 0.1) is 19.0 Å². The molecular formula is C15H24N4O4S. The van der Waals surface area contributed by atoms with E-state index in [9.17, 15) is 13.2 Å². The monoisotopic (exact) mass is 356 g/mol. The molecule has 134 valence electrons. The van der Waals surface area contributed by atoms with Crippen molar-refractivity contribution in [3.63, 3.8) is 0 Å². The number of hydrogen-bond acceptors (Lipinski definition) is 6. The Labute approximate surface area is 142 Å². The van der Waals surface area contributed by atoms with Gasteiger partial charge in [-0.25, -0.2) is 12.7 Å². The van der Waals surface area contributed by atoms with Crippen molar-refractivity contribution in [1.29, 1.82) is 0 Å². The Balaban J connectivity index is 2.05. The van der Waals surface area contributed by atoms with Gasteiger partial charge in [-0.2, -0.15) is 0 Å². The predicted molar refractivity (Wildman–Crippen MR) is 89.9 cm³/mol. The third-order valence-corrected chi connectivity index (χ3v) is 5.71. The highest BCUT2D eigenvalue weighted by Gasteiger charge is 2.29. The minimum atomic E-state index is -3.34. The number of ether oxygens (including phenoxy) is 1. The molecule has 1 atom stereocenters. The van der Waals surface area contributed by atoms with Gasteiger partial charge in [0.1, 0.15) is 6.04 Å². The first-order chi connectivity index (χ1) is 11.4. The van der Waals surface area contributed by atoms with Crippen LogP contribution in [0.4, 0.5) is 0 Å². The van der Waals surface area contributed by atoms with Gasteiger partial charge < -0.3 is 10.1 Å². The molecule has 24 heavy (non-hydrogen) atoms. The third kappa shape index (κ3) is 4.97. The first kappa shape index (κ1) is 18.8. The normalized spacial score (nSPS) is 17.6. The molecule has 1 fully saturated rings. The number of carbonyl (C=O) groups excluding carboxylic acids is 1. The van der Waals surface area contributed by atoms with Crippen LogP contribution in [-0.2, 0) is 19.6 Å². The van der Waals surface area contributed by atoms with Gasteiger partial charge in [-0.05, 0) is 11.6 Å². The first-order valence-electron chi connectivity index (χ1n) is 7.81. The highest BCUT2D eigenvalue weighted by Crippen LogP contribution is 2.21. The Morgan fingerprint density at radius 1 is 1.42 bits per heavy atom. The van der Waals surface area contributed by atoms with Crippen LogP contribution in [0.15, 0.2) is 24.5 Å². The quantitative estimate of drug-likeness (QED) is 0.706. The maximum Gasteiger partial charge on any atom is 0.242 e. The number of rotatable bonds is 7. The highest BCUT2D eigenvalue weighted by molar-refractivity contribution is 7.89. The Hall–Kier alpha value is -1.55. The molecule has 0 spiro atoms. The number of nitrogens with zero attached hydrogens (tertiary/aromatic N) is 3. The molecule has 0 aliphatic carbocycles. The largest absolute Gasteiger partial charge is 0.379 e. The Morgan fingerprint density at radius 2 is 2.12 bits per heavy atom. The van der Waals surface area contributed by atoms with Crippen LogP contribution in [0.2, 0.25) is 0 Å². The molecule has 8 nitrogen and oxygen atoms in total. The fraction of sp³-hybridized carbons (Fsp3) is 0.600. The summed E-state index contributed by atoms with van der Waals surface area (Å²) in [6.07, 6.45) is 3.32. The summed E-state index contributed by atoms with van der Waals surface area (Å²) in [5, 5.41) is 2.73. The van der Waals surface area contributed by atoms with Crippen LogP contribution < -0.4 is 5.32 Å². The number of sulfonamides is 1. The van der Waals surface area contributed by atoms with E-state index in [-0.39, 0.29) is 18.2 Å². The van der Waals surface area contributed by atoms with Crippen molar-refractivity contribution < 1.29 is 17.9 Å². The summed E-state index contributed by atoms with van der Waals surface area (Å²) in [6, 6.07) is 3.14. The van der Waals surface area contributed by atoms with Crippen molar-refractivity contribution in [1.82, 2.24) is 19.5 Å². The topological polar surface area (TPSA) is 91.8 Å². The van der Waals surface area contributed by atoms with Crippen LogP contribution >= 0.6 is 0 Å². The lowest BCUT2D eigenvalue weighted by molar-refractivity contribution is -0.128. The summed E-state index contributed by atoms with van der Waals surface area (Å²) in [7, 11) is -0.385. The number of carbonyl (C=O) groups is 1. The van der Waals surface area contributed by atoms with Crippen LogP contribution in [0.1, 0.15) is 11.6 Å². The van der Waals surface area contributed by atoms with E-state index in [1.807, 2.05) is 11.0 Å². The molecule has 1 aromatic rings. The number of morpholine rings is 1. The lowest BCUT2D eigenvalue weighted by atomic mass is 10.1. The number of hydrogen-bond donors (Lipinski definition) is 1. The summed E-state index contributed by atoms with van der Waals surface area (Å²) in [4.78, 5) is 18.8. The molecule has 1 aliphatic heterocycles. The zero-order valence-electron chi connectivity index (χ0n) is 14.0. The van der Waals surface area contributed by atoms with E-state index in [2.05, 4.69) is 10.3 Å². The van der Waals surface area contributed by atoms with E-state index in [0.717, 1.165) is 9.87 Å². The summed E-state index contributed by atoms with van der Waals surface area (Å²) in [6.45, 7) is 2.49. The Kier molecular flexibility index (Phi) is 6.67. The van der Waals surface area contributed by atoms with Crippen LogP contribution in [0, 0.1) is 0 Å². The van der Waals surface area contributed by atoms with E-state index in [0.29, 0.717) is 26.3 Å². The van der Waals surface area contributed by atoms with Crippen LogP contribution in [-0.4, -0.2) is 81.2 Å². The van der Waals surface area contributed by atoms with E-state index in [1.54, 1.807) is 18.5 Å². The van der Waals surface area contributed by atoms with Gasteiger partial charge >= 0.3 is 0 Å². The molecule has 0 radical (unpaired) electrons. The van der Waals surface area contributed by atoms with E-state index in [1.165, 1.54) is 14.1 Å². The van der Waals surface area contributed by atoms with E-state index >= 15 is 0 Å². The SMILES string of the molecule is CN(C)S(=O)(=O)CCNC(=O)[C@H](c1cccnc1)N1CCOCC1. The molecule has 1 aromatic heterocycles. The maximum absolute atomic E-state index is 12.7. The van der Waals surface area contributed by atoms with Crippen LogP contribution in [0.5, 0.6) is 0 Å². The van der Waals surface area contributed by atoms with E-state index < -0.39 is 16.1 Å². The molecule has 0 bridgehead atoms. The second kappa shape index (κ2) is 8.52. The van der Waals surface area contributed by atoms with Gasteiger partial charge in [-0.15, -0.1) is 0 Å². The minimum absolute atomic E-state index is 0.0699. The summed E-state index contributed by atoms with van der Waals surface area (Å²) in [5.41, 5.74) is 0.785. The Morgan fingerprint density at radius 3 is 2.71 bits per heavy atom. The lowest BCUT2D eigenvalue weighted by Crippen LogP contribution is -2.46. The van der Waals surface area contributed by atoms with Crippen molar-refractivity contribution in [2.24, 2.45) is 0 Å². The number of nitrogens with one attached hydrogen (secondary N) is 1. The molecule has 1 aliphatic rings. The summed E-state index contributed by atoms with van der Waals surface area (Å²) < 4.78 is 30.1. The molecule has 0 aromatic carbocycles. The fourth-order valence-corrected chi connectivity index (χ4v) is 3.21. The molecule has 1 amide bonds. The second-order valence-corrected chi connectivity index (χ2v) is 8.03. The van der Waals surface area contributed by atoms with Crippen molar-refractivity contribution in [2.75, 3.05) is 52.7 Å². The smallest absolute Gasteiger partial charge is 0.242 e. The fourth-order valence-electron chi connectivity index (χ4n) is 2.48. The standard InChI is InChI=1S/C15H24N4O4S/c1-18(2)24(21,22)11-6-17-15(20)14(13-4-3-5-16-12-13)19-7-9-23-10-8-19/h3-5,12,14H,6-11H2,1-2H3,(H,17,20)/t14-/m0/s1.